The SMILES string of the molecule is C#Cc1cnn2ccc(-c3cnc(OC)c(NS(=O)(=O)c4ccc(F)cc4)c3)nc12. The van der Waals surface area contributed by atoms with E-state index in [-0.39, 0.29) is 16.5 Å². The highest BCUT2D eigenvalue weighted by molar-refractivity contribution is 7.92. The van der Waals surface area contributed by atoms with Crippen molar-refractivity contribution >= 4 is 21.4 Å². The second-order valence-electron chi connectivity index (χ2n) is 6.12. The molecule has 0 atom stereocenters. The van der Waals surface area contributed by atoms with Gasteiger partial charge in [0.25, 0.3) is 10.0 Å². The van der Waals surface area contributed by atoms with Gasteiger partial charge in [0, 0.05) is 18.0 Å². The van der Waals surface area contributed by atoms with Crippen molar-refractivity contribution in [3.63, 3.8) is 0 Å². The van der Waals surface area contributed by atoms with Crippen LogP contribution < -0.4 is 9.46 Å². The molecule has 0 saturated heterocycles. The predicted octanol–water partition coefficient (Wildman–Crippen LogP) is 2.72. The monoisotopic (exact) mass is 423 g/mol. The molecule has 30 heavy (non-hydrogen) atoms. The van der Waals surface area contributed by atoms with Gasteiger partial charge in [0.15, 0.2) is 5.65 Å². The summed E-state index contributed by atoms with van der Waals surface area (Å²) in [4.78, 5) is 8.56. The third-order valence-corrected chi connectivity index (χ3v) is 5.61. The molecule has 0 aliphatic rings. The Kier molecular flexibility index (Phi) is 4.81. The first kappa shape index (κ1) is 19.4. The lowest BCUT2D eigenvalue weighted by Crippen LogP contribution is -2.14. The smallest absolute Gasteiger partial charge is 0.262 e. The van der Waals surface area contributed by atoms with E-state index in [0.717, 1.165) is 24.3 Å². The minimum Gasteiger partial charge on any atom is -0.480 e. The van der Waals surface area contributed by atoms with E-state index in [1.54, 1.807) is 12.3 Å². The summed E-state index contributed by atoms with van der Waals surface area (Å²) in [6.07, 6.45) is 10.2. The zero-order valence-electron chi connectivity index (χ0n) is 15.6. The van der Waals surface area contributed by atoms with E-state index in [1.165, 1.54) is 30.1 Å². The first-order valence-corrected chi connectivity index (χ1v) is 10.0. The number of pyridine rings is 1. The first-order valence-electron chi connectivity index (χ1n) is 8.55. The van der Waals surface area contributed by atoms with Gasteiger partial charge in [0.05, 0.1) is 29.5 Å². The topological polar surface area (TPSA) is 98.5 Å². The molecule has 0 saturated carbocycles. The average Bonchev–Trinajstić information content (AvgIpc) is 3.16. The largest absolute Gasteiger partial charge is 0.480 e. The van der Waals surface area contributed by atoms with Crippen LogP contribution in [0.25, 0.3) is 16.9 Å². The van der Waals surface area contributed by atoms with Crippen LogP contribution in [0.4, 0.5) is 10.1 Å². The number of nitrogens with zero attached hydrogens (tertiary/aromatic N) is 4. The van der Waals surface area contributed by atoms with E-state index in [4.69, 9.17) is 11.2 Å². The number of halogens is 1. The fourth-order valence-electron chi connectivity index (χ4n) is 2.78. The van der Waals surface area contributed by atoms with Crippen molar-refractivity contribution in [1.82, 2.24) is 19.6 Å². The van der Waals surface area contributed by atoms with Crippen molar-refractivity contribution in [3.05, 3.63) is 66.4 Å². The summed E-state index contributed by atoms with van der Waals surface area (Å²) in [5.41, 5.74) is 2.15. The molecule has 0 amide bonds. The number of fused-ring (bicyclic) bond motifs is 1. The van der Waals surface area contributed by atoms with E-state index in [1.807, 2.05) is 0 Å². The van der Waals surface area contributed by atoms with E-state index >= 15 is 0 Å². The van der Waals surface area contributed by atoms with Gasteiger partial charge in [-0.2, -0.15) is 5.10 Å². The summed E-state index contributed by atoms with van der Waals surface area (Å²) in [5.74, 6) is 2.04. The van der Waals surface area contributed by atoms with E-state index in [2.05, 4.69) is 25.7 Å². The predicted molar refractivity (Wildman–Crippen MR) is 108 cm³/mol. The van der Waals surface area contributed by atoms with Crippen LogP contribution >= 0.6 is 0 Å². The van der Waals surface area contributed by atoms with Gasteiger partial charge in [0.1, 0.15) is 11.5 Å². The summed E-state index contributed by atoms with van der Waals surface area (Å²) in [5, 5.41) is 4.12. The zero-order chi connectivity index (χ0) is 21.3. The van der Waals surface area contributed by atoms with E-state index < -0.39 is 15.8 Å². The highest BCUT2D eigenvalue weighted by Gasteiger charge is 2.18. The van der Waals surface area contributed by atoms with Gasteiger partial charge in [-0.25, -0.2) is 27.3 Å². The summed E-state index contributed by atoms with van der Waals surface area (Å²) >= 11 is 0. The van der Waals surface area contributed by atoms with Crippen molar-refractivity contribution in [1.29, 1.82) is 0 Å². The number of hydrogen-bond donors (Lipinski definition) is 1. The molecule has 1 N–H and O–H groups in total. The quantitative estimate of drug-likeness (QED) is 0.496. The summed E-state index contributed by atoms with van der Waals surface area (Å²) < 4.78 is 47.6. The standard InChI is InChI=1S/C20H14FN5O3S/c1-3-13-12-23-26-9-8-17(24-19(13)26)14-10-18(20(29-2)22-11-14)25-30(27,28)16-6-4-15(21)5-7-16/h1,4-12,25H,2H3. The summed E-state index contributed by atoms with van der Waals surface area (Å²) in [7, 11) is -2.63. The summed E-state index contributed by atoms with van der Waals surface area (Å²) in [6.45, 7) is 0. The van der Waals surface area contributed by atoms with Crippen LogP contribution in [0.3, 0.4) is 0 Å². The molecule has 0 unspecified atom stereocenters. The maximum Gasteiger partial charge on any atom is 0.262 e. The van der Waals surface area contributed by atoms with E-state index in [9.17, 15) is 12.8 Å². The second kappa shape index (κ2) is 7.46. The molecule has 0 fully saturated rings. The Morgan fingerprint density at radius 2 is 1.97 bits per heavy atom. The Bertz CT molecular complexity index is 1390. The average molecular weight is 423 g/mol. The number of ether oxygens (including phenoxy) is 1. The van der Waals surface area contributed by atoms with Gasteiger partial charge < -0.3 is 4.74 Å². The van der Waals surface area contributed by atoms with Gasteiger partial charge in [0.2, 0.25) is 5.88 Å². The van der Waals surface area contributed by atoms with Crippen LogP contribution in [-0.4, -0.2) is 35.1 Å². The van der Waals surface area contributed by atoms with Crippen molar-refractivity contribution in [2.75, 3.05) is 11.8 Å². The Hall–Kier alpha value is -3.97. The number of methoxy groups -OCH3 is 1. The van der Waals surface area contributed by atoms with Crippen LogP contribution in [-0.2, 0) is 10.0 Å². The Morgan fingerprint density at radius 1 is 1.20 bits per heavy atom. The van der Waals surface area contributed by atoms with Gasteiger partial charge in [-0.1, -0.05) is 5.92 Å². The number of hydrogen-bond acceptors (Lipinski definition) is 6. The Morgan fingerprint density at radius 3 is 2.67 bits per heavy atom. The van der Waals surface area contributed by atoms with E-state index in [0.29, 0.717) is 22.5 Å². The molecule has 0 spiro atoms. The fourth-order valence-corrected chi connectivity index (χ4v) is 3.82. The Balaban J connectivity index is 1.76. The highest BCUT2D eigenvalue weighted by atomic mass is 32.2. The number of rotatable bonds is 5. The maximum absolute atomic E-state index is 13.1. The van der Waals surface area contributed by atoms with Crippen molar-refractivity contribution < 1.29 is 17.5 Å². The van der Waals surface area contributed by atoms with Crippen LogP contribution in [0.15, 0.2) is 59.9 Å². The van der Waals surface area contributed by atoms with Crippen LogP contribution in [0.5, 0.6) is 5.88 Å². The van der Waals surface area contributed by atoms with Gasteiger partial charge in [-0.3, -0.25) is 4.72 Å². The number of benzene rings is 1. The molecule has 0 aliphatic carbocycles. The fraction of sp³-hybridized carbons (Fsp3) is 0.0500. The van der Waals surface area contributed by atoms with Crippen LogP contribution in [0.2, 0.25) is 0 Å². The van der Waals surface area contributed by atoms with Crippen molar-refractivity contribution in [2.24, 2.45) is 0 Å². The molecular formula is C20H14FN5O3S. The third-order valence-electron chi connectivity index (χ3n) is 4.23. The molecular weight excluding hydrogens is 409 g/mol. The lowest BCUT2D eigenvalue weighted by Gasteiger charge is -2.12. The lowest BCUT2D eigenvalue weighted by molar-refractivity contribution is 0.400. The molecule has 0 radical (unpaired) electrons. The molecule has 4 aromatic rings. The van der Waals surface area contributed by atoms with Crippen molar-refractivity contribution in [2.45, 2.75) is 4.90 Å². The third kappa shape index (κ3) is 3.54. The molecule has 10 heteroatoms. The van der Waals surface area contributed by atoms with Gasteiger partial charge in [-0.05, 0) is 36.4 Å². The van der Waals surface area contributed by atoms with Gasteiger partial charge in [-0.15, -0.1) is 6.42 Å². The first-order chi connectivity index (χ1) is 14.4. The lowest BCUT2D eigenvalue weighted by atomic mass is 10.2. The second-order valence-corrected chi connectivity index (χ2v) is 7.81. The number of nitrogens with one attached hydrogen (secondary N) is 1. The minimum absolute atomic E-state index is 0.0687. The molecule has 150 valence electrons. The molecule has 3 aromatic heterocycles. The molecule has 3 heterocycles. The van der Waals surface area contributed by atoms with Crippen LogP contribution in [0, 0.1) is 18.2 Å². The Labute approximate surface area is 171 Å². The van der Waals surface area contributed by atoms with Gasteiger partial charge >= 0.3 is 0 Å². The maximum atomic E-state index is 13.1. The molecule has 1 aromatic carbocycles. The number of anilines is 1. The number of terminal acetylenes is 1. The van der Waals surface area contributed by atoms with Crippen LogP contribution in [0.1, 0.15) is 5.56 Å². The molecule has 0 bridgehead atoms. The molecule has 4 rings (SSSR count). The van der Waals surface area contributed by atoms with Crippen molar-refractivity contribution in [3.8, 4) is 29.5 Å². The minimum atomic E-state index is -4.00. The zero-order valence-corrected chi connectivity index (χ0v) is 16.4. The summed E-state index contributed by atoms with van der Waals surface area (Å²) in [6, 6.07) is 7.69. The number of aromatic nitrogens is 4. The molecule has 0 aliphatic heterocycles. The normalized spacial score (nSPS) is 11.2. The number of sulfonamides is 1. The highest BCUT2D eigenvalue weighted by Crippen LogP contribution is 2.29. The molecule has 8 nitrogen and oxygen atoms in total.